The fourth-order valence-electron chi connectivity index (χ4n) is 1.66. The number of benzene rings is 1. The lowest BCUT2D eigenvalue weighted by Crippen LogP contribution is -2.70. The second-order valence-electron chi connectivity index (χ2n) is 5.19. The molecule has 0 unspecified atom stereocenters. The number of amides is 1. The fourth-order valence-corrected chi connectivity index (χ4v) is 1.85. The van der Waals surface area contributed by atoms with Crippen LogP contribution in [0.3, 0.4) is 0 Å². The van der Waals surface area contributed by atoms with Gasteiger partial charge in [-0.1, -0.05) is 17.7 Å². The molecule has 15 heteroatoms. The van der Waals surface area contributed by atoms with Crippen LogP contribution in [-0.2, 0) is 4.79 Å². The van der Waals surface area contributed by atoms with Gasteiger partial charge in [0.25, 0.3) is 0 Å². The summed E-state index contributed by atoms with van der Waals surface area (Å²) >= 11 is 5.38. The van der Waals surface area contributed by atoms with E-state index in [0.717, 1.165) is 23.5 Å². The van der Waals surface area contributed by atoms with Crippen LogP contribution in [0.25, 0.3) is 0 Å². The molecule has 0 aliphatic carbocycles. The van der Waals surface area contributed by atoms with Crippen molar-refractivity contribution in [2.24, 2.45) is 0 Å². The minimum Gasteiger partial charge on any atom is -0.321 e. The van der Waals surface area contributed by atoms with E-state index in [1.165, 1.54) is 0 Å². The zero-order valence-electron chi connectivity index (χ0n) is 12.7. The molecule has 0 saturated carbocycles. The molecule has 1 aromatic carbocycles. The van der Waals surface area contributed by atoms with Gasteiger partial charge in [0.1, 0.15) is 0 Å². The minimum absolute atomic E-state index is 0.263. The summed E-state index contributed by atoms with van der Waals surface area (Å²) in [6.45, 7) is 0. The van der Waals surface area contributed by atoms with Gasteiger partial charge >= 0.3 is 41.9 Å². The summed E-state index contributed by atoms with van der Waals surface area (Å²) in [5, 5.41) is 0.684. The van der Waals surface area contributed by atoms with E-state index in [4.69, 9.17) is 11.6 Å². The number of alkyl halides is 12. The highest BCUT2D eigenvalue weighted by molar-refractivity contribution is 6.30. The van der Waals surface area contributed by atoms with Gasteiger partial charge in [0.15, 0.2) is 0 Å². The molecule has 0 atom stereocenters. The van der Waals surface area contributed by atoms with E-state index in [9.17, 15) is 57.5 Å². The number of rotatable bonds is 7. The summed E-state index contributed by atoms with van der Waals surface area (Å²) in [6.07, 6.45) is -5.61. The molecule has 28 heavy (non-hydrogen) atoms. The van der Waals surface area contributed by atoms with Crippen molar-refractivity contribution in [1.82, 2.24) is 0 Å². The van der Waals surface area contributed by atoms with E-state index in [0.29, 0.717) is 6.07 Å². The standard InChI is InChI=1S/C13H6ClF12NO/c14-5-2-1-3-6(4-5)27-8(28)10(19,20)12(23,24)13(25,26)11(21,22)9(17,18)7(15)16/h1-4,7H,(H,27,28). The Morgan fingerprint density at radius 2 is 1.36 bits per heavy atom. The summed E-state index contributed by atoms with van der Waals surface area (Å²) in [5.41, 5.74) is -0.777. The lowest BCUT2D eigenvalue weighted by molar-refractivity contribution is -0.406. The summed E-state index contributed by atoms with van der Waals surface area (Å²) in [7, 11) is 0. The average molecular weight is 456 g/mol. The van der Waals surface area contributed by atoms with E-state index in [1.807, 2.05) is 0 Å². The van der Waals surface area contributed by atoms with Crippen molar-refractivity contribution >= 4 is 23.2 Å². The lowest BCUT2D eigenvalue weighted by Gasteiger charge is -2.38. The Morgan fingerprint density at radius 1 is 0.857 bits per heavy atom. The number of hydrogen-bond acceptors (Lipinski definition) is 1. The Morgan fingerprint density at radius 3 is 1.79 bits per heavy atom. The zero-order valence-corrected chi connectivity index (χ0v) is 13.5. The van der Waals surface area contributed by atoms with Crippen LogP contribution in [0.1, 0.15) is 0 Å². The Labute approximate surface area is 152 Å². The largest absolute Gasteiger partial charge is 0.393 e. The van der Waals surface area contributed by atoms with Crippen LogP contribution in [0.4, 0.5) is 58.4 Å². The van der Waals surface area contributed by atoms with Crippen LogP contribution in [0.15, 0.2) is 24.3 Å². The molecule has 1 rings (SSSR count). The SMILES string of the molecule is O=C(Nc1cccc(Cl)c1)C(F)(F)C(F)(F)C(F)(F)C(F)(F)C(F)(F)C(F)F. The molecule has 0 fully saturated rings. The Bertz CT molecular complexity index is 736. The van der Waals surface area contributed by atoms with Crippen LogP contribution in [0.2, 0.25) is 5.02 Å². The van der Waals surface area contributed by atoms with E-state index < -0.39 is 47.6 Å². The van der Waals surface area contributed by atoms with E-state index in [2.05, 4.69) is 0 Å². The summed E-state index contributed by atoms with van der Waals surface area (Å²) in [6, 6.07) is 3.48. The van der Waals surface area contributed by atoms with E-state index in [1.54, 1.807) is 0 Å². The molecule has 0 aromatic heterocycles. The van der Waals surface area contributed by atoms with Crippen molar-refractivity contribution in [2.75, 3.05) is 5.32 Å². The predicted octanol–water partition coefficient (Wildman–Crippen LogP) is 5.72. The Balaban J connectivity index is 3.34. The highest BCUT2D eigenvalue weighted by Gasteiger charge is 2.89. The molecule has 1 aromatic rings. The number of carbonyl (C=O) groups excluding carboxylic acids is 1. The van der Waals surface area contributed by atoms with Crippen LogP contribution < -0.4 is 5.32 Å². The van der Waals surface area contributed by atoms with Gasteiger partial charge < -0.3 is 5.32 Å². The highest BCUT2D eigenvalue weighted by atomic mass is 35.5. The summed E-state index contributed by atoms with van der Waals surface area (Å²) in [4.78, 5) is 11.3. The number of hydrogen-bond donors (Lipinski definition) is 1. The first kappa shape index (κ1) is 24.2. The molecule has 2 nitrogen and oxygen atoms in total. The van der Waals surface area contributed by atoms with Gasteiger partial charge in [0, 0.05) is 10.7 Å². The molecule has 0 spiro atoms. The van der Waals surface area contributed by atoms with Gasteiger partial charge in [-0.3, -0.25) is 4.79 Å². The van der Waals surface area contributed by atoms with Crippen molar-refractivity contribution in [2.45, 2.75) is 36.0 Å². The lowest BCUT2D eigenvalue weighted by atomic mass is 9.94. The normalized spacial score (nSPS) is 14.4. The molecule has 1 N–H and O–H groups in total. The third-order valence-corrected chi connectivity index (χ3v) is 3.48. The maximum absolute atomic E-state index is 13.6. The minimum atomic E-state index is -7.77. The Kier molecular flexibility index (Phi) is 6.21. The smallest absolute Gasteiger partial charge is 0.321 e. The van der Waals surface area contributed by atoms with E-state index >= 15 is 0 Å². The molecular formula is C13H6ClF12NO. The molecule has 160 valence electrons. The third kappa shape index (κ3) is 3.57. The quantitative estimate of drug-likeness (QED) is 0.524. The predicted molar refractivity (Wildman–Crippen MR) is 70.8 cm³/mol. The van der Waals surface area contributed by atoms with Gasteiger partial charge in [-0.25, -0.2) is 8.78 Å². The second kappa shape index (κ2) is 7.19. The monoisotopic (exact) mass is 455 g/mol. The maximum atomic E-state index is 13.6. The van der Waals surface area contributed by atoms with E-state index in [-0.39, 0.29) is 5.02 Å². The topological polar surface area (TPSA) is 29.1 Å². The third-order valence-electron chi connectivity index (χ3n) is 3.24. The highest BCUT2D eigenvalue weighted by Crippen LogP contribution is 2.58. The molecular weight excluding hydrogens is 450 g/mol. The summed E-state index contributed by atoms with van der Waals surface area (Å²) in [5.74, 6) is -40.1. The molecule has 0 radical (unpaired) electrons. The van der Waals surface area contributed by atoms with Crippen LogP contribution in [0.5, 0.6) is 0 Å². The van der Waals surface area contributed by atoms with Crippen LogP contribution in [0, 0.1) is 0 Å². The first-order chi connectivity index (χ1) is 12.3. The van der Waals surface area contributed by atoms with Crippen molar-refractivity contribution in [3.8, 4) is 0 Å². The number of halogens is 13. The molecule has 0 saturated heterocycles. The number of carbonyl (C=O) groups is 1. The molecule has 0 bridgehead atoms. The van der Waals surface area contributed by atoms with Crippen LogP contribution >= 0.6 is 11.6 Å². The van der Waals surface area contributed by atoms with Gasteiger partial charge in [0.05, 0.1) is 0 Å². The molecule has 0 aliphatic heterocycles. The maximum Gasteiger partial charge on any atom is 0.393 e. The van der Waals surface area contributed by atoms with Gasteiger partial charge in [-0.2, -0.15) is 43.9 Å². The first-order valence-corrected chi connectivity index (χ1v) is 6.96. The van der Waals surface area contributed by atoms with Gasteiger partial charge in [-0.15, -0.1) is 0 Å². The molecule has 1 amide bonds. The zero-order chi connectivity index (χ0) is 22.3. The van der Waals surface area contributed by atoms with Crippen molar-refractivity contribution in [3.63, 3.8) is 0 Å². The van der Waals surface area contributed by atoms with Crippen molar-refractivity contribution in [3.05, 3.63) is 29.3 Å². The second-order valence-corrected chi connectivity index (χ2v) is 5.62. The average Bonchev–Trinajstić information content (AvgIpc) is 2.53. The van der Waals surface area contributed by atoms with Gasteiger partial charge in [0.2, 0.25) is 0 Å². The molecule has 0 aliphatic rings. The summed E-state index contributed by atoms with van der Waals surface area (Å²) < 4.78 is 156. The fraction of sp³-hybridized carbons (Fsp3) is 0.462. The van der Waals surface area contributed by atoms with Gasteiger partial charge in [-0.05, 0) is 18.2 Å². The number of nitrogens with one attached hydrogen (secondary N) is 1. The Hall–Kier alpha value is -1.86. The van der Waals surface area contributed by atoms with Crippen molar-refractivity contribution < 1.29 is 57.5 Å². The number of anilines is 1. The van der Waals surface area contributed by atoms with Crippen molar-refractivity contribution in [1.29, 1.82) is 0 Å². The first-order valence-electron chi connectivity index (χ1n) is 6.58. The van der Waals surface area contributed by atoms with Crippen LogP contribution in [-0.4, -0.2) is 41.9 Å². The molecule has 0 heterocycles.